The molecule has 4 rings (SSSR count). The molecule has 0 aliphatic rings. The molecule has 0 radical (unpaired) electrons. The number of rotatable bonds is 12. The van der Waals surface area contributed by atoms with E-state index in [-0.39, 0.29) is 26.7 Å². The molecule has 0 spiro atoms. The SMILES string of the molecule is N#Cc1ccc(OP(=O)(O)CNS(=O)(=O)c2cc3c(F)cc(OCCCC[n+]4ccccc4)cc3s2)cc1F. The summed E-state index contributed by atoms with van der Waals surface area (Å²) in [4.78, 5) is 10.0. The van der Waals surface area contributed by atoms with Gasteiger partial charge in [0.15, 0.2) is 12.4 Å². The van der Waals surface area contributed by atoms with Crippen molar-refractivity contribution < 1.29 is 40.5 Å². The van der Waals surface area contributed by atoms with Crippen LogP contribution < -0.4 is 18.5 Å². The standard InChI is InChI=1S/C25H22F2N3O6PS2/c26-22-12-19(7-6-18(22)16-28)36-37(31,32)17-29-39(33,34)25-15-21-23(27)13-20(14-24(21)38-25)35-11-5-4-10-30-8-2-1-3-9-30/h1-3,6-9,12-15,29H,4-5,10-11,17H2/p+1. The molecule has 0 aliphatic carbocycles. The van der Waals surface area contributed by atoms with Gasteiger partial charge in [-0.05, 0) is 30.7 Å². The van der Waals surface area contributed by atoms with Crippen LogP contribution in [0.25, 0.3) is 10.1 Å². The van der Waals surface area contributed by atoms with Gasteiger partial charge in [-0.25, -0.2) is 26.3 Å². The summed E-state index contributed by atoms with van der Waals surface area (Å²) in [5, 5.41) is 8.82. The van der Waals surface area contributed by atoms with Crippen molar-refractivity contribution in [2.45, 2.75) is 23.6 Å². The molecule has 0 saturated carbocycles. The number of halogens is 2. The van der Waals surface area contributed by atoms with Crippen LogP contribution in [0.15, 0.2) is 71.2 Å². The number of hydrogen-bond acceptors (Lipinski definition) is 7. The highest BCUT2D eigenvalue weighted by atomic mass is 32.2. The van der Waals surface area contributed by atoms with E-state index in [1.807, 2.05) is 39.9 Å². The van der Waals surface area contributed by atoms with Crippen LogP contribution in [0, 0.1) is 23.0 Å². The van der Waals surface area contributed by atoms with Gasteiger partial charge in [0.25, 0.3) is 10.0 Å². The lowest BCUT2D eigenvalue weighted by atomic mass is 10.2. The predicted octanol–water partition coefficient (Wildman–Crippen LogP) is 4.70. The van der Waals surface area contributed by atoms with E-state index in [9.17, 15) is 26.7 Å². The molecule has 0 fully saturated rings. The number of unbranched alkanes of at least 4 members (excludes halogenated alkanes) is 1. The van der Waals surface area contributed by atoms with Crippen molar-refractivity contribution in [3.05, 3.63) is 84.2 Å². The van der Waals surface area contributed by atoms with Crippen LogP contribution in [0.3, 0.4) is 0 Å². The molecule has 0 bridgehead atoms. The van der Waals surface area contributed by atoms with E-state index in [4.69, 9.17) is 14.5 Å². The zero-order valence-electron chi connectivity index (χ0n) is 20.3. The Morgan fingerprint density at radius 2 is 1.79 bits per heavy atom. The molecule has 2 N–H and O–H groups in total. The van der Waals surface area contributed by atoms with Gasteiger partial charge < -0.3 is 14.2 Å². The number of aromatic nitrogens is 1. The van der Waals surface area contributed by atoms with Gasteiger partial charge in [0.2, 0.25) is 0 Å². The van der Waals surface area contributed by atoms with Gasteiger partial charge in [-0.1, -0.05) is 6.07 Å². The summed E-state index contributed by atoms with van der Waals surface area (Å²) in [7, 11) is -8.91. The molecule has 0 aliphatic heterocycles. The maximum absolute atomic E-state index is 14.7. The summed E-state index contributed by atoms with van der Waals surface area (Å²) in [6, 6.07) is 14.2. The number of thiophene rings is 1. The maximum Gasteiger partial charge on any atom is 0.391 e. The van der Waals surface area contributed by atoms with Crippen LogP contribution in [0.2, 0.25) is 0 Å². The third-order valence-electron chi connectivity index (χ3n) is 5.42. The fourth-order valence-electron chi connectivity index (χ4n) is 3.51. The molecule has 2 aromatic heterocycles. The summed E-state index contributed by atoms with van der Waals surface area (Å²) >= 11 is 0.768. The van der Waals surface area contributed by atoms with Crippen molar-refractivity contribution in [2.24, 2.45) is 0 Å². The second-order valence-electron chi connectivity index (χ2n) is 8.34. The molecule has 9 nitrogen and oxygen atoms in total. The molecular formula is C25H23F2N3O6PS2+. The van der Waals surface area contributed by atoms with Gasteiger partial charge in [-0.2, -0.15) is 9.98 Å². The van der Waals surface area contributed by atoms with Gasteiger partial charge in [0.1, 0.15) is 46.2 Å². The Morgan fingerprint density at radius 1 is 1.05 bits per heavy atom. The zero-order valence-corrected chi connectivity index (χ0v) is 22.8. The van der Waals surface area contributed by atoms with Crippen LogP contribution in [-0.2, 0) is 21.1 Å². The highest BCUT2D eigenvalue weighted by molar-refractivity contribution is 7.92. The second-order valence-corrected chi connectivity index (χ2v) is 13.2. The number of hydrogen-bond donors (Lipinski definition) is 2. The first-order chi connectivity index (χ1) is 18.6. The quantitative estimate of drug-likeness (QED) is 0.138. The molecular weight excluding hydrogens is 571 g/mol. The van der Waals surface area contributed by atoms with E-state index in [1.165, 1.54) is 12.1 Å². The Hall–Kier alpha value is -3.40. The monoisotopic (exact) mass is 594 g/mol. The fraction of sp³-hybridized carbons (Fsp3) is 0.200. The lowest BCUT2D eigenvalue weighted by Gasteiger charge is -2.14. The lowest BCUT2D eigenvalue weighted by molar-refractivity contribution is -0.697. The van der Waals surface area contributed by atoms with E-state index in [1.54, 1.807) is 6.07 Å². The first kappa shape index (κ1) is 28.6. The average Bonchev–Trinajstić information content (AvgIpc) is 3.34. The Bertz CT molecular complexity index is 1680. The molecule has 1 unspecified atom stereocenters. The van der Waals surface area contributed by atoms with Crippen LogP contribution in [0.1, 0.15) is 18.4 Å². The Kier molecular flexibility index (Phi) is 8.94. The van der Waals surface area contributed by atoms with E-state index >= 15 is 0 Å². The number of ether oxygens (including phenoxy) is 1. The van der Waals surface area contributed by atoms with E-state index in [0.717, 1.165) is 55.0 Å². The molecule has 2 heterocycles. The highest BCUT2D eigenvalue weighted by Gasteiger charge is 2.27. The number of nitrogens with one attached hydrogen (secondary N) is 1. The van der Waals surface area contributed by atoms with E-state index in [0.29, 0.717) is 11.3 Å². The average molecular weight is 595 g/mol. The number of fused-ring (bicyclic) bond motifs is 1. The van der Waals surface area contributed by atoms with Gasteiger partial charge in [0, 0.05) is 40.8 Å². The normalized spacial score (nSPS) is 13.1. The topological polar surface area (TPSA) is 130 Å². The summed E-state index contributed by atoms with van der Waals surface area (Å²) < 4.78 is 80.9. The molecule has 4 aromatic rings. The third-order valence-corrected chi connectivity index (χ3v) is 9.65. The van der Waals surface area contributed by atoms with Gasteiger partial charge in [-0.15, -0.1) is 11.3 Å². The molecule has 1 atom stereocenters. The summed E-state index contributed by atoms with van der Waals surface area (Å²) in [5.41, 5.74) is -0.288. The predicted molar refractivity (Wildman–Crippen MR) is 140 cm³/mol. The second kappa shape index (κ2) is 12.2. The number of nitriles is 1. The van der Waals surface area contributed by atoms with Crippen molar-refractivity contribution in [3.63, 3.8) is 0 Å². The number of pyridine rings is 1. The van der Waals surface area contributed by atoms with Crippen molar-refractivity contribution in [1.29, 1.82) is 5.26 Å². The molecule has 0 amide bonds. The third kappa shape index (κ3) is 7.59. The van der Waals surface area contributed by atoms with E-state index < -0.39 is 35.5 Å². The minimum absolute atomic E-state index is 0.0599. The van der Waals surface area contributed by atoms with Crippen molar-refractivity contribution >= 4 is 39.0 Å². The Balaban J connectivity index is 1.37. The molecule has 14 heteroatoms. The Morgan fingerprint density at radius 3 is 2.51 bits per heavy atom. The maximum atomic E-state index is 14.7. The largest absolute Gasteiger partial charge is 0.493 e. The molecule has 39 heavy (non-hydrogen) atoms. The van der Waals surface area contributed by atoms with Crippen LogP contribution >= 0.6 is 18.9 Å². The molecule has 0 saturated heterocycles. The summed E-state index contributed by atoms with van der Waals surface area (Å²) in [5.74, 6) is -1.72. The minimum Gasteiger partial charge on any atom is -0.493 e. The van der Waals surface area contributed by atoms with Crippen molar-refractivity contribution in [1.82, 2.24) is 4.72 Å². The van der Waals surface area contributed by atoms with Gasteiger partial charge in [0.05, 0.1) is 12.2 Å². The summed E-state index contributed by atoms with van der Waals surface area (Å²) in [6.07, 6.45) is 4.48. The summed E-state index contributed by atoms with van der Waals surface area (Å²) in [6.45, 7) is 1.16. The molecule has 2 aromatic carbocycles. The fourth-order valence-corrected chi connectivity index (χ4v) is 7.49. The highest BCUT2D eigenvalue weighted by Crippen LogP contribution is 2.42. The van der Waals surface area contributed by atoms with Crippen molar-refractivity contribution in [2.75, 3.05) is 12.9 Å². The van der Waals surface area contributed by atoms with Crippen LogP contribution in [0.5, 0.6) is 11.5 Å². The van der Waals surface area contributed by atoms with E-state index in [2.05, 4.69) is 0 Å². The van der Waals surface area contributed by atoms with Crippen LogP contribution in [-0.4, -0.2) is 26.2 Å². The first-order valence-electron chi connectivity index (χ1n) is 11.6. The number of nitrogens with zero attached hydrogens (tertiary/aromatic N) is 2. The van der Waals surface area contributed by atoms with Gasteiger partial charge >= 0.3 is 7.60 Å². The smallest absolute Gasteiger partial charge is 0.391 e. The van der Waals surface area contributed by atoms with Crippen molar-refractivity contribution in [3.8, 4) is 17.6 Å². The number of aryl methyl sites for hydroxylation is 1. The first-order valence-corrected chi connectivity index (χ1v) is 15.6. The minimum atomic E-state index is -4.60. The van der Waals surface area contributed by atoms with Crippen LogP contribution in [0.4, 0.5) is 8.78 Å². The number of benzene rings is 2. The number of sulfonamides is 1. The zero-order chi connectivity index (χ0) is 28.0. The lowest BCUT2D eigenvalue weighted by Crippen LogP contribution is -2.32. The van der Waals surface area contributed by atoms with Gasteiger partial charge in [-0.3, -0.25) is 0 Å². The Labute approximate surface area is 227 Å². The molecule has 204 valence electrons.